The van der Waals surface area contributed by atoms with Crippen LogP contribution in [0.15, 0.2) is 53.4 Å². The number of nitrogens with one attached hydrogen (secondary N) is 2. The number of nitriles is 1. The average molecular weight is 592 g/mol. The van der Waals surface area contributed by atoms with Crippen molar-refractivity contribution in [3.8, 4) is 17.2 Å². The van der Waals surface area contributed by atoms with Gasteiger partial charge in [0.2, 0.25) is 5.92 Å². The molecule has 1 aliphatic rings. The van der Waals surface area contributed by atoms with Crippen molar-refractivity contribution in [2.45, 2.75) is 43.2 Å². The normalized spacial score (nSPS) is 16.8. The zero-order valence-corrected chi connectivity index (χ0v) is 22.9. The number of rotatable bonds is 5. The topological polar surface area (TPSA) is 110 Å². The number of carbonyl (C=O) groups excluding carboxylic acids is 1. The van der Waals surface area contributed by atoms with Crippen LogP contribution in [0.4, 0.5) is 33.5 Å². The number of aromatic nitrogens is 1. The van der Waals surface area contributed by atoms with Gasteiger partial charge >= 0.3 is 6.18 Å². The molecule has 2 aromatic carbocycles. The van der Waals surface area contributed by atoms with Crippen molar-refractivity contribution in [3.05, 3.63) is 70.9 Å². The molecule has 0 unspecified atom stereocenters. The van der Waals surface area contributed by atoms with Gasteiger partial charge in [-0.2, -0.15) is 18.4 Å². The fourth-order valence-electron chi connectivity index (χ4n) is 4.74. The molecule has 1 amide bonds. The Morgan fingerprint density at radius 1 is 1.15 bits per heavy atom. The van der Waals surface area contributed by atoms with Crippen LogP contribution in [0.25, 0.3) is 11.1 Å². The molecule has 3 aromatic rings. The van der Waals surface area contributed by atoms with Crippen LogP contribution in [-0.2, 0) is 15.9 Å². The third-order valence-electron chi connectivity index (χ3n) is 6.79. The zero-order chi connectivity index (χ0) is 30.2. The van der Waals surface area contributed by atoms with E-state index in [4.69, 9.17) is 10.0 Å². The molecule has 1 aliphatic heterocycles. The van der Waals surface area contributed by atoms with Gasteiger partial charge in [0.25, 0.3) is 5.91 Å². The Bertz CT molecular complexity index is 1630. The number of amides is 1. The molecule has 0 radical (unpaired) electrons. The van der Waals surface area contributed by atoms with E-state index in [-0.39, 0.29) is 63.7 Å². The van der Waals surface area contributed by atoms with Crippen LogP contribution in [0.3, 0.4) is 0 Å². The van der Waals surface area contributed by atoms with Gasteiger partial charge in [-0.3, -0.25) is 4.79 Å². The lowest BCUT2D eigenvalue weighted by Gasteiger charge is -2.28. The van der Waals surface area contributed by atoms with Gasteiger partial charge < -0.3 is 10.2 Å². The Morgan fingerprint density at radius 2 is 1.83 bits per heavy atom. The third-order valence-corrected chi connectivity index (χ3v) is 7.94. The van der Waals surface area contributed by atoms with Crippen LogP contribution in [0, 0.1) is 23.0 Å². The summed E-state index contributed by atoms with van der Waals surface area (Å²) in [7, 11) is -3.14. The van der Waals surface area contributed by atoms with Gasteiger partial charge in [0.15, 0.2) is 5.69 Å². The number of hydrogen-bond acceptors (Lipinski definition) is 6. The molecule has 216 valence electrons. The summed E-state index contributed by atoms with van der Waals surface area (Å²) in [5, 5.41) is 11.7. The standard InChI is InChI=1S/C28H26F5N5O2S/c1-17-22(19-9-7-18(16-34)8-10-19)24(28(31,32)33)37-25(38-13-4-11-27(29,30)12-14-38)23(17)26(39)36-20-5-3-6-21(15-20)41(2,35)40/h3,5-10,15,35H,4,11-14H2,1-2H3,(H,36,39)/t41-/m1/s1. The fourth-order valence-corrected chi connectivity index (χ4v) is 5.43. The summed E-state index contributed by atoms with van der Waals surface area (Å²) in [6, 6.07) is 12.9. The van der Waals surface area contributed by atoms with E-state index < -0.39 is 46.3 Å². The first-order chi connectivity index (χ1) is 19.1. The molecule has 0 saturated carbocycles. The second kappa shape index (κ2) is 11.1. The maximum absolute atomic E-state index is 14.4. The number of anilines is 2. The van der Waals surface area contributed by atoms with E-state index in [1.807, 2.05) is 6.07 Å². The number of hydrogen-bond donors (Lipinski definition) is 2. The number of nitrogens with zero attached hydrogens (tertiary/aromatic N) is 3. The summed E-state index contributed by atoms with van der Waals surface area (Å²) in [6.07, 6.45) is -4.85. The molecule has 1 fully saturated rings. The molecule has 1 aromatic heterocycles. The molecule has 2 N–H and O–H groups in total. The van der Waals surface area contributed by atoms with Crippen molar-refractivity contribution in [2.75, 3.05) is 29.6 Å². The molecule has 7 nitrogen and oxygen atoms in total. The van der Waals surface area contributed by atoms with Gasteiger partial charge in [-0.15, -0.1) is 0 Å². The molecular weight excluding hydrogens is 565 g/mol. The van der Waals surface area contributed by atoms with Gasteiger partial charge in [0, 0.05) is 48.3 Å². The lowest BCUT2D eigenvalue weighted by molar-refractivity contribution is -0.140. The summed E-state index contributed by atoms with van der Waals surface area (Å²) in [4.78, 5) is 19.1. The molecule has 4 rings (SSSR count). The minimum atomic E-state index is -4.96. The number of halogens is 5. The van der Waals surface area contributed by atoms with Crippen LogP contribution >= 0.6 is 0 Å². The highest BCUT2D eigenvalue weighted by Gasteiger charge is 2.41. The first-order valence-electron chi connectivity index (χ1n) is 12.5. The van der Waals surface area contributed by atoms with E-state index in [1.54, 1.807) is 0 Å². The van der Waals surface area contributed by atoms with Crippen LogP contribution < -0.4 is 10.2 Å². The summed E-state index contributed by atoms with van der Waals surface area (Å²) in [5.74, 6) is -4.24. The van der Waals surface area contributed by atoms with Crippen LogP contribution in [-0.4, -0.2) is 40.4 Å². The van der Waals surface area contributed by atoms with Crippen molar-refractivity contribution in [3.63, 3.8) is 0 Å². The Labute approximate surface area is 234 Å². The molecule has 0 aliphatic carbocycles. The van der Waals surface area contributed by atoms with Gasteiger partial charge in [-0.25, -0.2) is 22.8 Å². The van der Waals surface area contributed by atoms with Gasteiger partial charge in [-0.1, -0.05) is 18.2 Å². The zero-order valence-electron chi connectivity index (χ0n) is 22.1. The largest absolute Gasteiger partial charge is 0.434 e. The van der Waals surface area contributed by atoms with Crippen LogP contribution in [0.2, 0.25) is 0 Å². The number of alkyl halides is 5. The Morgan fingerprint density at radius 3 is 2.44 bits per heavy atom. The van der Waals surface area contributed by atoms with E-state index in [9.17, 15) is 31.0 Å². The molecule has 0 bridgehead atoms. The highest BCUT2D eigenvalue weighted by molar-refractivity contribution is 7.91. The highest BCUT2D eigenvalue weighted by atomic mass is 32.2. The Balaban J connectivity index is 1.93. The third kappa shape index (κ3) is 6.65. The van der Waals surface area contributed by atoms with E-state index >= 15 is 0 Å². The van der Waals surface area contributed by atoms with E-state index in [1.165, 1.54) is 66.6 Å². The van der Waals surface area contributed by atoms with Gasteiger partial charge in [-0.05, 0) is 54.8 Å². The van der Waals surface area contributed by atoms with E-state index in [0.717, 1.165) is 0 Å². The minimum absolute atomic E-state index is 0.0239. The van der Waals surface area contributed by atoms with Crippen LogP contribution in [0.5, 0.6) is 0 Å². The highest BCUT2D eigenvalue weighted by Crippen LogP contribution is 2.42. The molecule has 13 heteroatoms. The van der Waals surface area contributed by atoms with Gasteiger partial charge in [0.05, 0.1) is 26.9 Å². The monoisotopic (exact) mass is 591 g/mol. The fraction of sp³-hybridized carbons (Fsp3) is 0.321. The van der Waals surface area contributed by atoms with Crippen molar-refractivity contribution in [1.82, 2.24) is 4.98 Å². The first-order valence-corrected chi connectivity index (χ1v) is 14.5. The van der Waals surface area contributed by atoms with Crippen molar-refractivity contribution in [1.29, 1.82) is 10.0 Å². The summed E-state index contributed by atoms with van der Waals surface area (Å²) < 4.78 is 91.7. The van der Waals surface area contributed by atoms with Crippen LogP contribution in [0.1, 0.15) is 46.4 Å². The molecule has 0 spiro atoms. The first kappa shape index (κ1) is 29.9. The SMILES string of the molecule is Cc1c(C(=O)Nc2cccc([S@](C)(=N)=O)c2)c(N2CCCC(F)(F)CC2)nc(C(F)(F)F)c1-c1ccc(C#N)cc1. The maximum Gasteiger partial charge on any atom is 0.434 e. The Hall–Kier alpha value is -4.05. The number of benzene rings is 2. The minimum Gasteiger partial charge on any atom is -0.356 e. The number of carbonyl (C=O) groups is 1. The second-order valence-corrected chi connectivity index (χ2v) is 12.0. The van der Waals surface area contributed by atoms with E-state index in [0.29, 0.717) is 0 Å². The predicted molar refractivity (Wildman–Crippen MR) is 145 cm³/mol. The summed E-state index contributed by atoms with van der Waals surface area (Å²) in [6.45, 7) is 0.968. The number of pyridine rings is 1. The summed E-state index contributed by atoms with van der Waals surface area (Å²) >= 11 is 0. The van der Waals surface area contributed by atoms with Crippen molar-refractivity contribution >= 4 is 27.1 Å². The average Bonchev–Trinajstić information content (AvgIpc) is 3.07. The van der Waals surface area contributed by atoms with E-state index in [2.05, 4.69) is 10.3 Å². The smallest absolute Gasteiger partial charge is 0.356 e. The summed E-state index contributed by atoms with van der Waals surface area (Å²) in [5.41, 5.74) is -1.58. The van der Waals surface area contributed by atoms with Crippen molar-refractivity contribution < 1.29 is 31.0 Å². The van der Waals surface area contributed by atoms with Crippen molar-refractivity contribution in [2.24, 2.45) is 0 Å². The quantitative estimate of drug-likeness (QED) is 0.315. The predicted octanol–water partition coefficient (Wildman–Crippen LogP) is 6.86. The van der Waals surface area contributed by atoms with Gasteiger partial charge in [0.1, 0.15) is 5.82 Å². The maximum atomic E-state index is 14.4. The molecule has 1 atom stereocenters. The molecule has 1 saturated heterocycles. The lowest BCUT2D eigenvalue weighted by Crippen LogP contribution is -2.31. The molecule has 41 heavy (non-hydrogen) atoms. The second-order valence-electron chi connectivity index (χ2n) is 9.87. The Kier molecular flexibility index (Phi) is 8.09. The molecular formula is C28H26F5N5O2S. The lowest BCUT2D eigenvalue weighted by atomic mass is 9.93. The molecule has 2 heterocycles.